The third-order valence-corrected chi connectivity index (χ3v) is 4.14. The highest BCUT2D eigenvalue weighted by Crippen LogP contribution is 2.53. The maximum absolute atomic E-state index is 11.3. The molecule has 0 unspecified atom stereocenters. The van der Waals surface area contributed by atoms with Crippen molar-refractivity contribution < 1.29 is 28.8 Å². The van der Waals surface area contributed by atoms with E-state index >= 15 is 0 Å². The molecule has 0 aliphatic heterocycles. The van der Waals surface area contributed by atoms with Gasteiger partial charge < -0.3 is 24.1 Å². The SMILES string of the molecule is C=Cc1c(OC)c(OC)c(OC)c(OC)c1-c1cccc(C(=C)C(=O)O)c1. The quantitative estimate of drug-likeness (QED) is 0.705. The fourth-order valence-electron chi connectivity index (χ4n) is 2.91. The van der Waals surface area contributed by atoms with Crippen molar-refractivity contribution in [1.82, 2.24) is 0 Å². The van der Waals surface area contributed by atoms with Crippen molar-refractivity contribution >= 4 is 17.6 Å². The van der Waals surface area contributed by atoms with Gasteiger partial charge in [0.2, 0.25) is 11.5 Å². The Hall–Kier alpha value is -3.41. The number of methoxy groups -OCH3 is 4. The standard InChI is InChI=1S/C21H22O6/c1-7-15-16(14-10-8-9-13(11-14)12(2)21(22)23)18(25-4)20(27-6)19(26-5)17(15)24-3/h7-11H,1-2H2,3-6H3,(H,22,23). The Morgan fingerprint density at radius 3 is 2.00 bits per heavy atom. The Bertz CT molecular complexity index is 898. The molecule has 142 valence electrons. The lowest BCUT2D eigenvalue weighted by Gasteiger charge is -2.22. The van der Waals surface area contributed by atoms with E-state index in [0.29, 0.717) is 45.3 Å². The molecule has 6 nitrogen and oxygen atoms in total. The van der Waals surface area contributed by atoms with Gasteiger partial charge in [0.15, 0.2) is 11.5 Å². The van der Waals surface area contributed by atoms with E-state index in [-0.39, 0.29) is 5.57 Å². The Kier molecular flexibility index (Phi) is 6.13. The van der Waals surface area contributed by atoms with Crippen LogP contribution in [0.1, 0.15) is 11.1 Å². The Morgan fingerprint density at radius 2 is 1.52 bits per heavy atom. The molecule has 0 bridgehead atoms. The number of rotatable bonds is 8. The predicted octanol–water partition coefficient (Wildman–Crippen LogP) is 4.13. The maximum Gasteiger partial charge on any atom is 0.335 e. The third-order valence-electron chi connectivity index (χ3n) is 4.14. The van der Waals surface area contributed by atoms with Crippen LogP contribution in [0.5, 0.6) is 23.0 Å². The van der Waals surface area contributed by atoms with Crippen LogP contribution < -0.4 is 18.9 Å². The molecule has 0 heterocycles. The van der Waals surface area contributed by atoms with Crippen molar-refractivity contribution in [2.75, 3.05) is 28.4 Å². The molecule has 0 radical (unpaired) electrons. The summed E-state index contributed by atoms with van der Waals surface area (Å²) in [4.78, 5) is 11.3. The summed E-state index contributed by atoms with van der Waals surface area (Å²) in [6.07, 6.45) is 1.62. The lowest BCUT2D eigenvalue weighted by molar-refractivity contribution is -0.130. The summed E-state index contributed by atoms with van der Waals surface area (Å²) in [5.74, 6) is 0.500. The van der Waals surface area contributed by atoms with Gasteiger partial charge >= 0.3 is 5.97 Å². The average molecular weight is 370 g/mol. The molecule has 2 aromatic carbocycles. The molecular formula is C21H22O6. The summed E-state index contributed by atoms with van der Waals surface area (Å²) in [5.41, 5.74) is 2.43. The molecule has 6 heteroatoms. The minimum absolute atomic E-state index is 0.0107. The normalized spacial score (nSPS) is 10.1. The number of carboxylic acid groups (broad SMARTS) is 1. The number of hydrogen-bond acceptors (Lipinski definition) is 5. The van der Waals surface area contributed by atoms with E-state index in [9.17, 15) is 9.90 Å². The van der Waals surface area contributed by atoms with E-state index in [4.69, 9.17) is 18.9 Å². The van der Waals surface area contributed by atoms with Gasteiger partial charge in [-0.05, 0) is 17.2 Å². The second-order valence-corrected chi connectivity index (χ2v) is 5.49. The second kappa shape index (κ2) is 8.31. The first-order chi connectivity index (χ1) is 12.9. The molecular weight excluding hydrogens is 348 g/mol. The van der Waals surface area contributed by atoms with Crippen LogP contribution in [0.3, 0.4) is 0 Å². The van der Waals surface area contributed by atoms with E-state index in [0.717, 1.165) is 0 Å². The number of aliphatic carboxylic acids is 1. The predicted molar refractivity (Wildman–Crippen MR) is 105 cm³/mol. The lowest BCUT2D eigenvalue weighted by Crippen LogP contribution is -2.03. The molecule has 0 atom stereocenters. The van der Waals surface area contributed by atoms with Gasteiger partial charge in [-0.15, -0.1) is 0 Å². The molecule has 0 saturated heterocycles. The van der Waals surface area contributed by atoms with E-state index in [1.165, 1.54) is 28.4 Å². The van der Waals surface area contributed by atoms with Crippen LogP contribution in [-0.4, -0.2) is 39.5 Å². The summed E-state index contributed by atoms with van der Waals surface area (Å²) in [6.45, 7) is 7.49. The zero-order valence-electron chi connectivity index (χ0n) is 15.8. The van der Waals surface area contributed by atoms with Gasteiger partial charge in [0.25, 0.3) is 0 Å². The Balaban J connectivity index is 2.91. The molecule has 1 N–H and O–H groups in total. The number of carbonyl (C=O) groups is 1. The number of benzene rings is 2. The minimum atomic E-state index is -1.09. The molecule has 0 fully saturated rings. The summed E-state index contributed by atoms with van der Waals surface area (Å²) >= 11 is 0. The third kappa shape index (κ3) is 3.46. The van der Waals surface area contributed by atoms with Crippen molar-refractivity contribution in [2.24, 2.45) is 0 Å². The van der Waals surface area contributed by atoms with Crippen molar-refractivity contribution in [3.8, 4) is 34.1 Å². The van der Waals surface area contributed by atoms with Gasteiger partial charge in [-0.25, -0.2) is 4.79 Å². The lowest BCUT2D eigenvalue weighted by atomic mass is 9.93. The summed E-state index contributed by atoms with van der Waals surface area (Å²) in [7, 11) is 6.03. The van der Waals surface area contributed by atoms with Crippen LogP contribution in [0.2, 0.25) is 0 Å². The summed E-state index contributed by atoms with van der Waals surface area (Å²) in [5, 5.41) is 9.23. The van der Waals surface area contributed by atoms with Crippen LogP contribution >= 0.6 is 0 Å². The average Bonchev–Trinajstić information content (AvgIpc) is 2.70. The highest BCUT2D eigenvalue weighted by Gasteiger charge is 2.27. The first-order valence-corrected chi connectivity index (χ1v) is 8.00. The van der Waals surface area contributed by atoms with Crippen LogP contribution in [0, 0.1) is 0 Å². The number of ether oxygens (including phenoxy) is 4. The fourth-order valence-corrected chi connectivity index (χ4v) is 2.91. The first-order valence-electron chi connectivity index (χ1n) is 8.00. The number of carboxylic acids is 1. The van der Waals surface area contributed by atoms with Crippen LogP contribution in [0.25, 0.3) is 22.8 Å². The molecule has 0 spiro atoms. The van der Waals surface area contributed by atoms with Crippen molar-refractivity contribution in [2.45, 2.75) is 0 Å². The zero-order chi connectivity index (χ0) is 20.1. The molecule has 0 amide bonds. The van der Waals surface area contributed by atoms with Crippen molar-refractivity contribution in [3.63, 3.8) is 0 Å². The monoisotopic (exact) mass is 370 g/mol. The number of hydrogen-bond donors (Lipinski definition) is 1. The van der Waals surface area contributed by atoms with E-state index in [2.05, 4.69) is 13.2 Å². The largest absolute Gasteiger partial charge is 0.492 e. The van der Waals surface area contributed by atoms with E-state index < -0.39 is 5.97 Å². The topological polar surface area (TPSA) is 74.2 Å². The van der Waals surface area contributed by atoms with E-state index in [1.54, 1.807) is 24.3 Å². The molecule has 2 aromatic rings. The first kappa shape index (κ1) is 19.9. The van der Waals surface area contributed by atoms with Crippen molar-refractivity contribution in [1.29, 1.82) is 0 Å². The molecule has 0 aromatic heterocycles. The highest BCUT2D eigenvalue weighted by molar-refractivity contribution is 6.14. The van der Waals surface area contributed by atoms with Gasteiger partial charge in [0, 0.05) is 11.1 Å². The fraction of sp³-hybridized carbons (Fsp3) is 0.190. The second-order valence-electron chi connectivity index (χ2n) is 5.49. The molecule has 2 rings (SSSR count). The molecule has 0 aliphatic carbocycles. The van der Waals surface area contributed by atoms with Crippen LogP contribution in [0.4, 0.5) is 0 Å². The van der Waals surface area contributed by atoms with E-state index in [1.807, 2.05) is 6.07 Å². The summed E-state index contributed by atoms with van der Waals surface area (Å²) in [6, 6.07) is 6.97. The van der Waals surface area contributed by atoms with Gasteiger partial charge in [0.05, 0.1) is 34.0 Å². The minimum Gasteiger partial charge on any atom is -0.492 e. The van der Waals surface area contributed by atoms with Gasteiger partial charge in [0.1, 0.15) is 0 Å². The maximum atomic E-state index is 11.3. The molecule has 0 aliphatic rings. The highest BCUT2D eigenvalue weighted by atomic mass is 16.5. The van der Waals surface area contributed by atoms with Gasteiger partial charge in [-0.2, -0.15) is 0 Å². The van der Waals surface area contributed by atoms with Crippen molar-refractivity contribution in [3.05, 3.63) is 48.6 Å². The smallest absolute Gasteiger partial charge is 0.335 e. The Morgan fingerprint density at radius 1 is 0.963 bits per heavy atom. The Labute approximate surface area is 158 Å². The van der Waals surface area contributed by atoms with Gasteiger partial charge in [-0.3, -0.25) is 0 Å². The molecule has 27 heavy (non-hydrogen) atoms. The van der Waals surface area contributed by atoms with Crippen LogP contribution in [0.15, 0.2) is 37.4 Å². The molecule has 0 saturated carbocycles. The summed E-state index contributed by atoms with van der Waals surface area (Å²) < 4.78 is 22.1. The van der Waals surface area contributed by atoms with Crippen LogP contribution in [-0.2, 0) is 4.79 Å². The van der Waals surface area contributed by atoms with Gasteiger partial charge in [-0.1, -0.05) is 37.4 Å². The zero-order valence-corrected chi connectivity index (χ0v) is 15.8.